The normalized spacial score (nSPS) is 19.4. The van der Waals surface area contributed by atoms with Gasteiger partial charge in [0.25, 0.3) is 0 Å². The highest BCUT2D eigenvalue weighted by Crippen LogP contribution is 2.22. The first-order valence-corrected chi connectivity index (χ1v) is 11.0. The molecule has 2 aromatic rings. The molecule has 1 fully saturated rings. The van der Waals surface area contributed by atoms with Crippen LogP contribution in [0.15, 0.2) is 58.1 Å². The highest BCUT2D eigenvalue weighted by Gasteiger charge is 2.23. The number of nitrogens with zero attached hydrogens (tertiary/aromatic N) is 1. The van der Waals surface area contributed by atoms with Crippen molar-refractivity contribution in [2.75, 3.05) is 13.1 Å². The maximum Gasteiger partial charge on any atom is 0.191 e. The Labute approximate surface area is 198 Å². The lowest BCUT2D eigenvalue weighted by atomic mass is 9.93. The molecule has 3 rings (SSSR count). The van der Waals surface area contributed by atoms with Gasteiger partial charge in [0, 0.05) is 25.6 Å². The predicted octanol–water partition coefficient (Wildman–Crippen LogP) is 4.95. The SMILES string of the molecule is CC(C)OC1CCC(NC(=NCCc2ccco2)NCCc2ccccc2)CC1.I. The van der Waals surface area contributed by atoms with Crippen LogP contribution in [-0.4, -0.2) is 37.3 Å². The summed E-state index contributed by atoms with van der Waals surface area (Å²) in [5.74, 6) is 1.88. The van der Waals surface area contributed by atoms with Gasteiger partial charge < -0.3 is 19.8 Å². The summed E-state index contributed by atoms with van der Waals surface area (Å²) in [5.41, 5.74) is 1.33. The van der Waals surface area contributed by atoms with Crippen molar-refractivity contribution in [3.05, 3.63) is 60.1 Å². The Bertz CT molecular complexity index is 711. The van der Waals surface area contributed by atoms with E-state index in [1.807, 2.05) is 12.1 Å². The van der Waals surface area contributed by atoms with Crippen LogP contribution in [0.4, 0.5) is 0 Å². The summed E-state index contributed by atoms with van der Waals surface area (Å²) in [6.07, 6.45) is 8.68. The Morgan fingerprint density at radius 3 is 2.50 bits per heavy atom. The molecule has 0 radical (unpaired) electrons. The zero-order chi connectivity index (χ0) is 20.3. The number of aliphatic imine (C=N–C) groups is 1. The molecule has 2 N–H and O–H groups in total. The molecule has 1 saturated carbocycles. The lowest BCUT2D eigenvalue weighted by molar-refractivity contribution is -0.0152. The molecular weight excluding hydrogens is 489 g/mol. The van der Waals surface area contributed by atoms with Crippen LogP contribution in [0.1, 0.15) is 50.9 Å². The minimum Gasteiger partial charge on any atom is -0.469 e. The van der Waals surface area contributed by atoms with E-state index in [0.717, 1.165) is 56.8 Å². The minimum atomic E-state index is 0. The fourth-order valence-electron chi connectivity index (χ4n) is 3.78. The molecule has 30 heavy (non-hydrogen) atoms. The van der Waals surface area contributed by atoms with Crippen LogP contribution in [0.3, 0.4) is 0 Å². The second-order valence-corrected chi connectivity index (χ2v) is 8.02. The minimum absolute atomic E-state index is 0. The third kappa shape index (κ3) is 9.08. The third-order valence-corrected chi connectivity index (χ3v) is 5.24. The van der Waals surface area contributed by atoms with Crippen molar-refractivity contribution >= 4 is 29.9 Å². The highest BCUT2D eigenvalue weighted by molar-refractivity contribution is 14.0. The van der Waals surface area contributed by atoms with E-state index in [-0.39, 0.29) is 24.0 Å². The molecule has 0 unspecified atom stereocenters. The van der Waals surface area contributed by atoms with Gasteiger partial charge in [-0.15, -0.1) is 24.0 Å². The number of benzene rings is 1. The second kappa shape index (κ2) is 13.7. The van der Waals surface area contributed by atoms with Crippen molar-refractivity contribution in [2.45, 2.75) is 70.6 Å². The van der Waals surface area contributed by atoms with Gasteiger partial charge in [-0.3, -0.25) is 4.99 Å². The molecule has 0 amide bonds. The molecule has 166 valence electrons. The van der Waals surface area contributed by atoms with Crippen LogP contribution in [0.25, 0.3) is 0 Å². The number of nitrogens with one attached hydrogen (secondary N) is 2. The number of rotatable bonds is 9. The first kappa shape index (κ1) is 24.7. The van der Waals surface area contributed by atoms with Crippen LogP contribution >= 0.6 is 24.0 Å². The molecule has 6 heteroatoms. The Morgan fingerprint density at radius 1 is 1.07 bits per heavy atom. The fraction of sp³-hybridized carbons (Fsp3) is 0.542. The Morgan fingerprint density at radius 2 is 1.83 bits per heavy atom. The largest absolute Gasteiger partial charge is 0.469 e. The van der Waals surface area contributed by atoms with Crippen LogP contribution in [0.2, 0.25) is 0 Å². The summed E-state index contributed by atoms with van der Waals surface area (Å²) >= 11 is 0. The molecule has 0 atom stereocenters. The second-order valence-electron chi connectivity index (χ2n) is 8.02. The summed E-state index contributed by atoms with van der Waals surface area (Å²) in [7, 11) is 0. The Balaban J connectivity index is 0.00000320. The number of halogens is 1. The summed E-state index contributed by atoms with van der Waals surface area (Å²) in [4.78, 5) is 4.79. The summed E-state index contributed by atoms with van der Waals surface area (Å²) in [5, 5.41) is 7.16. The molecule has 0 saturated heterocycles. The van der Waals surface area contributed by atoms with Crippen molar-refractivity contribution < 1.29 is 9.15 Å². The fourth-order valence-corrected chi connectivity index (χ4v) is 3.78. The van der Waals surface area contributed by atoms with E-state index in [9.17, 15) is 0 Å². The molecule has 0 bridgehead atoms. The van der Waals surface area contributed by atoms with Crippen LogP contribution < -0.4 is 10.6 Å². The summed E-state index contributed by atoms with van der Waals surface area (Å²) < 4.78 is 11.4. The van der Waals surface area contributed by atoms with E-state index in [4.69, 9.17) is 14.1 Å². The van der Waals surface area contributed by atoms with Gasteiger partial charge in [-0.2, -0.15) is 0 Å². The quantitative estimate of drug-likeness (QED) is 0.276. The van der Waals surface area contributed by atoms with Gasteiger partial charge in [0.05, 0.1) is 18.5 Å². The van der Waals surface area contributed by atoms with E-state index in [2.05, 4.69) is 54.8 Å². The molecule has 1 heterocycles. The topological polar surface area (TPSA) is 58.8 Å². The molecule has 0 aliphatic heterocycles. The summed E-state index contributed by atoms with van der Waals surface area (Å²) in [6.45, 7) is 5.80. The van der Waals surface area contributed by atoms with Gasteiger partial charge in [-0.1, -0.05) is 30.3 Å². The Hall–Kier alpha value is -1.54. The van der Waals surface area contributed by atoms with E-state index in [1.54, 1.807) is 6.26 Å². The first-order chi connectivity index (χ1) is 14.2. The first-order valence-electron chi connectivity index (χ1n) is 11.0. The van der Waals surface area contributed by atoms with Crippen LogP contribution in [0.5, 0.6) is 0 Å². The monoisotopic (exact) mass is 525 g/mol. The van der Waals surface area contributed by atoms with Gasteiger partial charge in [0.1, 0.15) is 5.76 Å². The number of hydrogen-bond donors (Lipinski definition) is 2. The van der Waals surface area contributed by atoms with Crippen molar-refractivity contribution in [1.29, 1.82) is 0 Å². The van der Waals surface area contributed by atoms with Crippen molar-refractivity contribution in [3.63, 3.8) is 0 Å². The molecule has 1 aliphatic carbocycles. The number of guanidine groups is 1. The van der Waals surface area contributed by atoms with E-state index in [1.165, 1.54) is 5.56 Å². The average molecular weight is 525 g/mol. The van der Waals surface area contributed by atoms with Gasteiger partial charge >= 0.3 is 0 Å². The number of furan rings is 1. The lowest BCUT2D eigenvalue weighted by Crippen LogP contribution is -2.46. The van der Waals surface area contributed by atoms with Crippen LogP contribution in [-0.2, 0) is 17.6 Å². The van der Waals surface area contributed by atoms with E-state index < -0.39 is 0 Å². The molecule has 1 aromatic heterocycles. The lowest BCUT2D eigenvalue weighted by Gasteiger charge is -2.31. The van der Waals surface area contributed by atoms with Gasteiger partial charge in [-0.25, -0.2) is 0 Å². The van der Waals surface area contributed by atoms with Crippen molar-refractivity contribution in [1.82, 2.24) is 10.6 Å². The maximum absolute atomic E-state index is 5.98. The predicted molar refractivity (Wildman–Crippen MR) is 134 cm³/mol. The molecule has 1 aromatic carbocycles. The highest BCUT2D eigenvalue weighted by atomic mass is 127. The van der Waals surface area contributed by atoms with Crippen LogP contribution in [0, 0.1) is 0 Å². The molecule has 0 spiro atoms. The van der Waals surface area contributed by atoms with Gasteiger partial charge in [0.2, 0.25) is 0 Å². The number of hydrogen-bond acceptors (Lipinski definition) is 3. The van der Waals surface area contributed by atoms with Crippen molar-refractivity contribution in [3.8, 4) is 0 Å². The average Bonchev–Trinajstić information content (AvgIpc) is 3.23. The van der Waals surface area contributed by atoms with E-state index in [0.29, 0.717) is 24.8 Å². The van der Waals surface area contributed by atoms with Gasteiger partial charge in [0.15, 0.2) is 5.96 Å². The Kier molecular flexibility index (Phi) is 11.3. The maximum atomic E-state index is 5.98. The van der Waals surface area contributed by atoms with Crippen molar-refractivity contribution in [2.24, 2.45) is 4.99 Å². The zero-order valence-electron chi connectivity index (χ0n) is 18.2. The molecule has 1 aliphatic rings. The standard InChI is InChI=1S/C24H35N3O2.HI/c1-19(2)29-23-12-10-21(11-13-23)27-24(26-17-15-22-9-6-18-28-22)25-16-14-20-7-4-3-5-8-20;/h3-9,18-19,21,23H,10-17H2,1-2H3,(H2,25,26,27);1H. The smallest absolute Gasteiger partial charge is 0.191 e. The van der Waals surface area contributed by atoms with Gasteiger partial charge in [-0.05, 0) is 63.6 Å². The third-order valence-electron chi connectivity index (χ3n) is 5.24. The summed E-state index contributed by atoms with van der Waals surface area (Å²) in [6, 6.07) is 14.9. The molecular formula is C24H36IN3O2. The van der Waals surface area contributed by atoms with E-state index >= 15 is 0 Å². The zero-order valence-corrected chi connectivity index (χ0v) is 20.5. The molecule has 5 nitrogen and oxygen atoms in total. The number of ether oxygens (including phenoxy) is 1.